The Morgan fingerprint density at radius 3 is 0.797 bits per heavy atom. The van der Waals surface area contributed by atoms with Gasteiger partial charge >= 0.3 is 0 Å². The van der Waals surface area contributed by atoms with Crippen LogP contribution in [0, 0.1) is 34.6 Å². The number of rotatable bonds is 25. The summed E-state index contributed by atoms with van der Waals surface area (Å²) in [5.74, 6) is 5.42. The largest absolute Gasteiger partial charge is 0.494 e. The quantitative estimate of drug-likeness (QED) is 0.0331. The Bertz CT molecular complexity index is 1690. The summed E-state index contributed by atoms with van der Waals surface area (Å²) in [5, 5.41) is 0. The van der Waals surface area contributed by atoms with Crippen LogP contribution in [0.3, 0.4) is 0 Å². The molecule has 5 aromatic rings. The third-order valence-corrected chi connectivity index (χ3v) is 9.86. The van der Waals surface area contributed by atoms with Gasteiger partial charge < -0.3 is 33.5 Å². The Morgan fingerprint density at radius 2 is 0.559 bits per heavy atom. The van der Waals surface area contributed by atoms with E-state index in [1.54, 1.807) is 0 Å². The molecular weight excluding hydrogens is 735 g/mol. The molecule has 314 valence electrons. The average Bonchev–Trinajstić information content (AvgIpc) is 3.24. The normalized spacial score (nSPS) is 10.8. The number of aliphatic imine (C=N–C) groups is 1. The SMILES string of the molecule is Cc1ccc(OCCCN=C(N(CCCOc2ccc(C)cc2)CCCOc2ccc(C)cc2)N(CCCOc2ccc(C)cc2)CCCOc2ccc(C)cc2)cc1. The van der Waals surface area contributed by atoms with E-state index >= 15 is 0 Å². The predicted octanol–water partition coefficient (Wildman–Crippen LogP) is 10.8. The van der Waals surface area contributed by atoms with Gasteiger partial charge in [-0.2, -0.15) is 0 Å². The maximum Gasteiger partial charge on any atom is 0.196 e. The zero-order valence-electron chi connectivity index (χ0n) is 36.0. The number of hydrogen-bond acceptors (Lipinski definition) is 6. The molecular formula is C51H65N3O5. The molecule has 0 aliphatic rings. The van der Waals surface area contributed by atoms with Crippen LogP contribution in [0.15, 0.2) is 126 Å². The maximum atomic E-state index is 6.21. The van der Waals surface area contributed by atoms with Crippen LogP contribution in [0.5, 0.6) is 28.7 Å². The fraction of sp³-hybridized carbons (Fsp3) is 0.392. The van der Waals surface area contributed by atoms with Crippen LogP contribution in [0.2, 0.25) is 0 Å². The molecule has 5 rings (SSSR count). The monoisotopic (exact) mass is 799 g/mol. The lowest BCUT2D eigenvalue weighted by molar-refractivity contribution is 0.228. The van der Waals surface area contributed by atoms with E-state index in [1.165, 1.54) is 27.8 Å². The van der Waals surface area contributed by atoms with E-state index in [1.807, 2.05) is 60.7 Å². The van der Waals surface area contributed by atoms with Gasteiger partial charge in [-0.25, -0.2) is 0 Å². The maximum absolute atomic E-state index is 6.21. The van der Waals surface area contributed by atoms with E-state index in [0.29, 0.717) is 39.6 Å². The van der Waals surface area contributed by atoms with Crippen LogP contribution >= 0.6 is 0 Å². The minimum absolute atomic E-state index is 0.587. The summed E-state index contributed by atoms with van der Waals surface area (Å²) >= 11 is 0. The molecule has 0 fully saturated rings. The van der Waals surface area contributed by atoms with Crippen molar-refractivity contribution in [3.05, 3.63) is 149 Å². The van der Waals surface area contributed by atoms with Gasteiger partial charge in [0.2, 0.25) is 0 Å². The van der Waals surface area contributed by atoms with Crippen molar-refractivity contribution < 1.29 is 23.7 Å². The first-order chi connectivity index (χ1) is 28.8. The number of benzene rings is 5. The van der Waals surface area contributed by atoms with Crippen molar-refractivity contribution in [3.63, 3.8) is 0 Å². The van der Waals surface area contributed by atoms with Crippen molar-refractivity contribution in [2.75, 3.05) is 65.8 Å². The number of aryl methyl sites for hydroxylation is 5. The summed E-state index contributed by atoms with van der Waals surface area (Å²) in [4.78, 5) is 10.2. The van der Waals surface area contributed by atoms with Crippen molar-refractivity contribution in [1.82, 2.24) is 9.80 Å². The molecule has 0 radical (unpaired) electrons. The molecule has 0 bridgehead atoms. The Balaban J connectivity index is 1.32. The van der Waals surface area contributed by atoms with Gasteiger partial charge in [0.1, 0.15) is 28.7 Å². The van der Waals surface area contributed by atoms with Gasteiger partial charge in [-0.15, -0.1) is 0 Å². The van der Waals surface area contributed by atoms with Crippen LogP contribution < -0.4 is 23.7 Å². The molecule has 0 spiro atoms. The van der Waals surface area contributed by atoms with Crippen LogP contribution in [-0.2, 0) is 0 Å². The predicted molar refractivity (Wildman–Crippen MR) is 242 cm³/mol. The molecule has 0 heterocycles. The van der Waals surface area contributed by atoms with Crippen molar-refractivity contribution in [3.8, 4) is 28.7 Å². The topological polar surface area (TPSA) is 65.0 Å². The lowest BCUT2D eigenvalue weighted by Gasteiger charge is -2.35. The van der Waals surface area contributed by atoms with Gasteiger partial charge in [0, 0.05) is 39.1 Å². The van der Waals surface area contributed by atoms with E-state index in [0.717, 1.165) is 93.0 Å². The molecule has 5 aromatic carbocycles. The van der Waals surface area contributed by atoms with Gasteiger partial charge in [-0.3, -0.25) is 4.99 Å². The second-order valence-corrected chi connectivity index (χ2v) is 15.2. The van der Waals surface area contributed by atoms with Gasteiger partial charge in [-0.05, 0) is 121 Å². The second kappa shape index (κ2) is 25.0. The van der Waals surface area contributed by atoms with Crippen LogP contribution in [-0.4, -0.2) is 81.5 Å². The third-order valence-electron chi connectivity index (χ3n) is 9.86. The minimum Gasteiger partial charge on any atom is -0.494 e. The van der Waals surface area contributed by atoms with Gasteiger partial charge in [-0.1, -0.05) is 88.5 Å². The molecule has 0 aromatic heterocycles. The summed E-state index contributed by atoms with van der Waals surface area (Å²) in [7, 11) is 0. The lowest BCUT2D eigenvalue weighted by atomic mass is 10.2. The van der Waals surface area contributed by atoms with E-state index in [9.17, 15) is 0 Å². The first-order valence-electron chi connectivity index (χ1n) is 21.3. The highest BCUT2D eigenvalue weighted by atomic mass is 16.5. The zero-order chi connectivity index (χ0) is 41.5. The Hall–Kier alpha value is -5.63. The summed E-state index contributed by atoms with van der Waals surface area (Å²) in [5.41, 5.74) is 6.09. The lowest BCUT2D eigenvalue weighted by Crippen LogP contribution is -2.47. The number of ether oxygens (including phenoxy) is 5. The van der Waals surface area contributed by atoms with Gasteiger partial charge in [0.15, 0.2) is 5.96 Å². The smallest absolute Gasteiger partial charge is 0.196 e. The first-order valence-corrected chi connectivity index (χ1v) is 21.3. The minimum atomic E-state index is 0.587. The standard InChI is InChI=1S/C51H65N3O5/c1-41-11-21-46(22-12-41)55-36-6-31-52-51(53(32-7-37-56-47-23-13-42(2)14-24-47)33-8-38-57-48-25-15-43(3)16-26-48)54(34-9-39-58-49-27-17-44(4)18-28-49)35-10-40-59-50-29-19-45(5)20-30-50/h11-30H,6-10,31-40H2,1-5H3. The molecule has 0 saturated carbocycles. The van der Waals surface area contributed by atoms with Crippen molar-refractivity contribution in [2.45, 2.75) is 66.7 Å². The Kier molecular flexibility index (Phi) is 18.8. The summed E-state index contributed by atoms with van der Waals surface area (Å²) in [6.45, 7) is 17.2. The molecule has 0 aliphatic heterocycles. The molecule has 0 saturated heterocycles. The number of hydrogen-bond donors (Lipinski definition) is 0. The Morgan fingerprint density at radius 1 is 0.339 bits per heavy atom. The zero-order valence-corrected chi connectivity index (χ0v) is 36.0. The van der Waals surface area contributed by atoms with Crippen LogP contribution in [0.1, 0.15) is 59.9 Å². The number of nitrogens with zero attached hydrogens (tertiary/aromatic N) is 3. The molecule has 0 unspecified atom stereocenters. The van der Waals surface area contributed by atoms with Gasteiger partial charge in [0.05, 0.1) is 33.0 Å². The van der Waals surface area contributed by atoms with E-state index in [4.69, 9.17) is 28.7 Å². The van der Waals surface area contributed by atoms with Crippen LogP contribution in [0.4, 0.5) is 0 Å². The molecule has 8 nitrogen and oxygen atoms in total. The second-order valence-electron chi connectivity index (χ2n) is 15.2. The fourth-order valence-corrected chi connectivity index (χ4v) is 6.41. The molecule has 59 heavy (non-hydrogen) atoms. The molecule has 0 atom stereocenters. The highest BCUT2D eigenvalue weighted by Crippen LogP contribution is 2.17. The van der Waals surface area contributed by atoms with Crippen molar-refractivity contribution in [1.29, 1.82) is 0 Å². The van der Waals surface area contributed by atoms with E-state index in [2.05, 4.69) is 105 Å². The summed E-state index contributed by atoms with van der Waals surface area (Å²) < 4.78 is 31.0. The van der Waals surface area contributed by atoms with Gasteiger partial charge in [0.25, 0.3) is 0 Å². The first kappa shape index (κ1) is 44.5. The molecule has 8 heteroatoms. The van der Waals surface area contributed by atoms with Crippen molar-refractivity contribution >= 4 is 5.96 Å². The molecule has 0 N–H and O–H groups in total. The fourth-order valence-electron chi connectivity index (χ4n) is 6.41. The average molecular weight is 800 g/mol. The van der Waals surface area contributed by atoms with E-state index < -0.39 is 0 Å². The van der Waals surface area contributed by atoms with Crippen LogP contribution in [0.25, 0.3) is 0 Å². The van der Waals surface area contributed by atoms with Crippen molar-refractivity contribution in [2.24, 2.45) is 4.99 Å². The summed E-state index contributed by atoms with van der Waals surface area (Å²) in [6.07, 6.45) is 4.14. The highest BCUT2D eigenvalue weighted by Gasteiger charge is 2.19. The number of guanidine groups is 1. The summed E-state index contributed by atoms with van der Waals surface area (Å²) in [6, 6.07) is 41.3. The molecule has 0 aliphatic carbocycles. The van der Waals surface area contributed by atoms with E-state index in [-0.39, 0.29) is 0 Å². The molecule has 0 amide bonds. The Labute approximate surface area is 353 Å². The third kappa shape index (κ3) is 17.0. The highest BCUT2D eigenvalue weighted by molar-refractivity contribution is 5.80.